The topological polar surface area (TPSA) is 43.1 Å². The second kappa shape index (κ2) is 5.00. The third-order valence-electron chi connectivity index (χ3n) is 3.06. The summed E-state index contributed by atoms with van der Waals surface area (Å²) in [6, 6.07) is 9.82. The Morgan fingerprint density at radius 1 is 1.25 bits per heavy atom. The molecule has 3 aromatic rings. The first-order valence-corrected chi connectivity index (χ1v) is 7.50. The average Bonchev–Trinajstić information content (AvgIpc) is 2.86. The predicted octanol–water partition coefficient (Wildman–Crippen LogP) is 4.62. The minimum absolute atomic E-state index is 0.0412. The van der Waals surface area contributed by atoms with E-state index in [4.69, 9.17) is 5.73 Å². The molecule has 0 aliphatic carbocycles. The lowest BCUT2D eigenvalue weighted by Gasteiger charge is -2.02. The minimum atomic E-state index is -0.573. The van der Waals surface area contributed by atoms with Crippen molar-refractivity contribution in [3.8, 4) is 0 Å². The minimum Gasteiger partial charge on any atom is -0.396 e. The molecule has 100 valence electrons. The quantitative estimate of drug-likeness (QED) is 0.542. The third kappa shape index (κ3) is 2.13. The zero-order chi connectivity index (χ0) is 14.3. The van der Waals surface area contributed by atoms with Crippen LogP contribution in [0.25, 0.3) is 10.1 Å². The number of halogens is 2. The number of carbonyl (C=O) groups excluding carboxylic acids is 1. The first kappa shape index (κ1) is 13.3. The van der Waals surface area contributed by atoms with Crippen molar-refractivity contribution < 1.29 is 9.18 Å². The molecular formula is C15H9BrFNOS. The Bertz CT molecular complexity index is 828. The van der Waals surface area contributed by atoms with Gasteiger partial charge in [-0.15, -0.1) is 11.3 Å². The van der Waals surface area contributed by atoms with E-state index in [0.717, 1.165) is 14.6 Å². The number of carbonyl (C=O) groups is 1. The fraction of sp³-hybridized carbons (Fsp3) is 0. The summed E-state index contributed by atoms with van der Waals surface area (Å²) in [5.74, 6) is -0.773. The first-order valence-electron chi connectivity index (χ1n) is 5.83. The number of nitrogen functional groups attached to an aromatic ring is 1. The van der Waals surface area contributed by atoms with Gasteiger partial charge in [0.15, 0.2) is 5.78 Å². The lowest BCUT2D eigenvalue weighted by molar-refractivity contribution is 0.104. The van der Waals surface area contributed by atoms with E-state index in [1.165, 1.54) is 23.5 Å². The van der Waals surface area contributed by atoms with Crippen LogP contribution in [0, 0.1) is 5.82 Å². The molecule has 0 amide bonds. The van der Waals surface area contributed by atoms with Gasteiger partial charge in [-0.3, -0.25) is 4.79 Å². The Morgan fingerprint density at radius 2 is 2.05 bits per heavy atom. The van der Waals surface area contributed by atoms with Crippen molar-refractivity contribution in [3.63, 3.8) is 0 Å². The zero-order valence-corrected chi connectivity index (χ0v) is 12.6. The Balaban J connectivity index is 2.13. The number of thiophene rings is 1. The van der Waals surface area contributed by atoms with Crippen molar-refractivity contribution in [2.45, 2.75) is 0 Å². The standard InChI is InChI=1S/C15H9BrFNOS/c16-11-3-1-2-9-10(7-20-15(9)11)14(19)8-4-5-13(18)12(17)6-8/h1-7H,18H2. The van der Waals surface area contributed by atoms with Gasteiger partial charge in [0.2, 0.25) is 0 Å². The highest BCUT2D eigenvalue weighted by atomic mass is 79.9. The SMILES string of the molecule is Nc1ccc(C(=O)c2csc3c(Br)cccc23)cc1F. The molecule has 0 aliphatic heterocycles. The van der Waals surface area contributed by atoms with Crippen LogP contribution in [0.15, 0.2) is 46.3 Å². The molecule has 0 fully saturated rings. The highest BCUT2D eigenvalue weighted by Crippen LogP contribution is 2.33. The van der Waals surface area contributed by atoms with Gasteiger partial charge in [-0.05, 0) is 40.2 Å². The number of nitrogens with two attached hydrogens (primary N) is 1. The molecule has 1 heterocycles. The first-order chi connectivity index (χ1) is 9.58. The molecule has 2 nitrogen and oxygen atoms in total. The highest BCUT2D eigenvalue weighted by molar-refractivity contribution is 9.10. The number of anilines is 1. The van der Waals surface area contributed by atoms with Crippen molar-refractivity contribution in [2.75, 3.05) is 5.73 Å². The maximum atomic E-state index is 13.5. The van der Waals surface area contributed by atoms with Gasteiger partial charge in [-0.25, -0.2) is 4.39 Å². The van der Waals surface area contributed by atoms with E-state index in [0.29, 0.717) is 11.1 Å². The number of ketones is 1. The molecule has 0 aliphatic rings. The largest absolute Gasteiger partial charge is 0.396 e. The zero-order valence-electron chi connectivity index (χ0n) is 10.2. The van der Waals surface area contributed by atoms with E-state index in [9.17, 15) is 9.18 Å². The Morgan fingerprint density at radius 3 is 2.80 bits per heavy atom. The fourth-order valence-electron chi connectivity index (χ4n) is 2.02. The van der Waals surface area contributed by atoms with Gasteiger partial charge in [0.25, 0.3) is 0 Å². The van der Waals surface area contributed by atoms with Crippen LogP contribution in [-0.4, -0.2) is 5.78 Å². The van der Waals surface area contributed by atoms with Crippen molar-refractivity contribution in [2.24, 2.45) is 0 Å². The number of fused-ring (bicyclic) bond motifs is 1. The van der Waals surface area contributed by atoms with Crippen LogP contribution in [0.1, 0.15) is 15.9 Å². The van der Waals surface area contributed by atoms with Crippen molar-refractivity contribution >= 4 is 48.8 Å². The summed E-state index contributed by atoms with van der Waals surface area (Å²) in [6.07, 6.45) is 0. The molecule has 0 atom stereocenters. The molecule has 1 aromatic heterocycles. The maximum Gasteiger partial charge on any atom is 0.194 e. The van der Waals surface area contributed by atoms with E-state index in [2.05, 4.69) is 15.9 Å². The second-order valence-corrected chi connectivity index (χ2v) is 6.07. The molecule has 0 radical (unpaired) electrons. The second-order valence-electron chi connectivity index (χ2n) is 4.33. The lowest BCUT2D eigenvalue weighted by Crippen LogP contribution is -2.02. The van der Waals surface area contributed by atoms with Gasteiger partial charge in [0.1, 0.15) is 5.82 Å². The van der Waals surface area contributed by atoms with Gasteiger partial charge in [0.05, 0.1) is 5.69 Å². The summed E-state index contributed by atoms with van der Waals surface area (Å²) in [5.41, 5.74) is 6.35. The maximum absolute atomic E-state index is 13.5. The van der Waals surface area contributed by atoms with Crippen LogP contribution in [0.4, 0.5) is 10.1 Å². The lowest BCUT2D eigenvalue weighted by atomic mass is 10.0. The van der Waals surface area contributed by atoms with Gasteiger partial charge in [0, 0.05) is 31.1 Å². The fourth-order valence-corrected chi connectivity index (χ4v) is 3.62. The monoisotopic (exact) mass is 349 g/mol. The summed E-state index contributed by atoms with van der Waals surface area (Å²) in [6.45, 7) is 0. The van der Waals surface area contributed by atoms with E-state index < -0.39 is 5.82 Å². The van der Waals surface area contributed by atoms with Crippen LogP contribution < -0.4 is 5.73 Å². The number of rotatable bonds is 2. The summed E-state index contributed by atoms with van der Waals surface area (Å²) >= 11 is 4.94. The van der Waals surface area contributed by atoms with Gasteiger partial charge in [-0.1, -0.05) is 12.1 Å². The Hall–Kier alpha value is -1.72. The summed E-state index contributed by atoms with van der Waals surface area (Å²) in [5, 5.41) is 2.66. The van der Waals surface area contributed by atoms with Gasteiger partial charge >= 0.3 is 0 Å². The molecule has 0 bridgehead atoms. The summed E-state index contributed by atoms with van der Waals surface area (Å²) in [7, 11) is 0. The van der Waals surface area contributed by atoms with Crippen LogP contribution in [0.5, 0.6) is 0 Å². The Kier molecular flexibility index (Phi) is 3.31. The van der Waals surface area contributed by atoms with E-state index in [1.54, 1.807) is 11.4 Å². The van der Waals surface area contributed by atoms with Crippen molar-refractivity contribution in [1.82, 2.24) is 0 Å². The Labute approximate surface area is 127 Å². The molecule has 3 rings (SSSR count). The number of benzene rings is 2. The molecule has 20 heavy (non-hydrogen) atoms. The van der Waals surface area contributed by atoms with Crippen molar-refractivity contribution in [3.05, 3.63) is 63.2 Å². The summed E-state index contributed by atoms with van der Waals surface area (Å²) < 4.78 is 15.4. The molecule has 2 N–H and O–H groups in total. The molecule has 0 spiro atoms. The molecule has 0 unspecified atom stereocenters. The number of hydrogen-bond donors (Lipinski definition) is 1. The molecule has 0 saturated heterocycles. The molecule has 0 saturated carbocycles. The number of hydrogen-bond acceptors (Lipinski definition) is 3. The van der Waals surface area contributed by atoms with Crippen LogP contribution >= 0.6 is 27.3 Å². The normalized spacial score (nSPS) is 10.9. The van der Waals surface area contributed by atoms with Crippen molar-refractivity contribution in [1.29, 1.82) is 0 Å². The van der Waals surface area contributed by atoms with Gasteiger partial charge < -0.3 is 5.73 Å². The van der Waals surface area contributed by atoms with Crippen LogP contribution in [0.3, 0.4) is 0 Å². The predicted molar refractivity (Wildman–Crippen MR) is 83.8 cm³/mol. The smallest absolute Gasteiger partial charge is 0.194 e. The van der Waals surface area contributed by atoms with E-state index >= 15 is 0 Å². The van der Waals surface area contributed by atoms with Gasteiger partial charge in [-0.2, -0.15) is 0 Å². The van der Waals surface area contributed by atoms with Crippen LogP contribution in [-0.2, 0) is 0 Å². The highest BCUT2D eigenvalue weighted by Gasteiger charge is 2.16. The molecule has 2 aromatic carbocycles. The molecule has 5 heteroatoms. The summed E-state index contributed by atoms with van der Waals surface area (Å²) in [4.78, 5) is 12.5. The van der Waals surface area contributed by atoms with E-state index in [1.807, 2.05) is 18.2 Å². The van der Waals surface area contributed by atoms with Crippen LogP contribution in [0.2, 0.25) is 0 Å². The third-order valence-corrected chi connectivity index (χ3v) is 5.01. The molecular weight excluding hydrogens is 341 g/mol. The van der Waals surface area contributed by atoms with E-state index in [-0.39, 0.29) is 11.5 Å². The average molecular weight is 350 g/mol.